The topological polar surface area (TPSA) is 103 Å². The average Bonchev–Trinajstić information content (AvgIpc) is 3.18. The highest BCUT2D eigenvalue weighted by molar-refractivity contribution is 6.30. The SMILES string of the molecule is COC(C)(C)C#Cc1nc(Cl)n(CCOc2ccc(Cl)cc2)c1C(=O)NCc1ccc(C(=O)O)cc1. The van der Waals surface area contributed by atoms with E-state index in [0.717, 1.165) is 5.56 Å². The van der Waals surface area contributed by atoms with E-state index in [1.807, 2.05) is 0 Å². The zero-order valence-corrected chi connectivity index (χ0v) is 21.5. The fourth-order valence-corrected chi connectivity index (χ4v) is 3.40. The lowest BCUT2D eigenvalue weighted by Gasteiger charge is -2.14. The molecule has 3 aromatic rings. The van der Waals surface area contributed by atoms with E-state index in [1.54, 1.807) is 50.2 Å². The summed E-state index contributed by atoms with van der Waals surface area (Å²) in [5.41, 5.74) is 0.517. The van der Waals surface area contributed by atoms with Crippen molar-refractivity contribution in [2.24, 2.45) is 0 Å². The van der Waals surface area contributed by atoms with Crippen molar-refractivity contribution in [1.29, 1.82) is 0 Å². The van der Waals surface area contributed by atoms with Gasteiger partial charge in [-0.25, -0.2) is 9.78 Å². The number of carbonyl (C=O) groups excluding carboxylic acids is 1. The second-order valence-corrected chi connectivity index (χ2v) is 8.96. The summed E-state index contributed by atoms with van der Waals surface area (Å²) in [7, 11) is 1.54. The van der Waals surface area contributed by atoms with Crippen LogP contribution in [0.2, 0.25) is 10.3 Å². The Bertz CT molecular complexity index is 1290. The van der Waals surface area contributed by atoms with Gasteiger partial charge in [-0.15, -0.1) is 0 Å². The molecule has 0 aliphatic carbocycles. The number of aromatic nitrogens is 2. The molecule has 1 heterocycles. The molecule has 1 amide bonds. The molecule has 0 saturated carbocycles. The predicted octanol–water partition coefficient (Wildman–Crippen LogP) is 4.67. The number of carboxylic acids is 1. The lowest BCUT2D eigenvalue weighted by Crippen LogP contribution is -2.27. The second-order valence-electron chi connectivity index (χ2n) is 8.18. The van der Waals surface area contributed by atoms with E-state index in [9.17, 15) is 9.59 Å². The molecule has 2 N–H and O–H groups in total. The molecule has 0 spiro atoms. The first-order valence-electron chi connectivity index (χ1n) is 10.9. The number of hydrogen-bond donors (Lipinski definition) is 2. The molecule has 0 fully saturated rings. The van der Waals surface area contributed by atoms with Crippen molar-refractivity contribution >= 4 is 35.1 Å². The lowest BCUT2D eigenvalue weighted by atomic mass is 10.1. The van der Waals surface area contributed by atoms with E-state index in [2.05, 4.69) is 22.1 Å². The molecule has 0 aliphatic rings. The maximum atomic E-state index is 13.2. The molecule has 0 unspecified atom stereocenters. The smallest absolute Gasteiger partial charge is 0.335 e. The van der Waals surface area contributed by atoms with Crippen molar-refractivity contribution in [3.05, 3.63) is 81.4 Å². The van der Waals surface area contributed by atoms with Crippen molar-refractivity contribution in [1.82, 2.24) is 14.9 Å². The minimum absolute atomic E-state index is 0.0881. The quantitative estimate of drug-likeness (QED) is 0.390. The third-order valence-electron chi connectivity index (χ3n) is 5.18. The summed E-state index contributed by atoms with van der Waals surface area (Å²) >= 11 is 12.3. The van der Waals surface area contributed by atoms with Crippen LogP contribution in [0.5, 0.6) is 5.75 Å². The van der Waals surface area contributed by atoms with Crippen molar-refractivity contribution in [2.45, 2.75) is 32.5 Å². The maximum Gasteiger partial charge on any atom is 0.335 e. The lowest BCUT2D eigenvalue weighted by molar-refractivity contribution is 0.0696. The standard InChI is InChI=1S/C26H25Cl2N3O5/c1-26(2,35-3)13-12-21-22(23(32)29-16-17-4-6-18(7-5-17)24(33)34)31(25(28)30-21)14-15-36-20-10-8-19(27)9-11-20/h4-11H,14-16H2,1-3H3,(H,29,32)(H,33,34). The summed E-state index contributed by atoms with van der Waals surface area (Å²) in [6.45, 7) is 4.20. The third kappa shape index (κ3) is 7.25. The number of ether oxygens (including phenoxy) is 2. The molecule has 188 valence electrons. The summed E-state index contributed by atoms with van der Waals surface area (Å²) in [6.07, 6.45) is 0. The number of carboxylic acid groups (broad SMARTS) is 1. The highest BCUT2D eigenvalue weighted by atomic mass is 35.5. The summed E-state index contributed by atoms with van der Waals surface area (Å²) in [6, 6.07) is 13.1. The number of hydrogen-bond acceptors (Lipinski definition) is 5. The van der Waals surface area contributed by atoms with E-state index in [4.69, 9.17) is 37.8 Å². The van der Waals surface area contributed by atoms with Crippen molar-refractivity contribution in [3.63, 3.8) is 0 Å². The van der Waals surface area contributed by atoms with E-state index in [1.165, 1.54) is 23.8 Å². The normalized spacial score (nSPS) is 10.9. The van der Waals surface area contributed by atoms with Crippen molar-refractivity contribution in [2.75, 3.05) is 13.7 Å². The van der Waals surface area contributed by atoms with Crippen LogP contribution < -0.4 is 10.1 Å². The Morgan fingerprint density at radius 2 is 1.78 bits per heavy atom. The Morgan fingerprint density at radius 3 is 2.39 bits per heavy atom. The Labute approximate surface area is 219 Å². The largest absolute Gasteiger partial charge is 0.492 e. The van der Waals surface area contributed by atoms with E-state index >= 15 is 0 Å². The first-order chi connectivity index (χ1) is 17.1. The van der Waals surface area contributed by atoms with Gasteiger partial charge in [0, 0.05) is 18.7 Å². The number of rotatable bonds is 9. The first-order valence-corrected chi connectivity index (χ1v) is 11.7. The monoisotopic (exact) mass is 529 g/mol. The van der Waals surface area contributed by atoms with Crippen LogP contribution in [-0.2, 0) is 17.8 Å². The molecule has 0 bridgehead atoms. The number of aromatic carboxylic acids is 1. The molecule has 1 aromatic heterocycles. The summed E-state index contributed by atoms with van der Waals surface area (Å²) in [5.74, 6) is 5.01. The van der Waals surface area contributed by atoms with Crippen LogP contribution in [0.3, 0.4) is 0 Å². The summed E-state index contributed by atoms with van der Waals surface area (Å²) in [5, 5.41) is 12.6. The zero-order chi connectivity index (χ0) is 26.3. The van der Waals surface area contributed by atoms with E-state index in [-0.39, 0.29) is 41.9 Å². The molecule has 0 saturated heterocycles. The molecule has 0 atom stereocenters. The number of methoxy groups -OCH3 is 1. The van der Waals surface area contributed by atoms with Gasteiger partial charge in [-0.1, -0.05) is 29.7 Å². The predicted molar refractivity (Wildman–Crippen MR) is 137 cm³/mol. The number of nitrogens with zero attached hydrogens (tertiary/aromatic N) is 2. The van der Waals surface area contributed by atoms with Crippen LogP contribution >= 0.6 is 23.2 Å². The summed E-state index contributed by atoms with van der Waals surface area (Å²) in [4.78, 5) is 28.6. The van der Waals surface area contributed by atoms with Crippen molar-refractivity contribution < 1.29 is 24.2 Å². The fourth-order valence-electron chi connectivity index (χ4n) is 3.02. The number of halogens is 2. The number of benzene rings is 2. The maximum absolute atomic E-state index is 13.2. The van der Waals surface area contributed by atoms with Crippen LogP contribution in [0.4, 0.5) is 0 Å². The van der Waals surface area contributed by atoms with E-state index < -0.39 is 17.5 Å². The van der Waals surface area contributed by atoms with Gasteiger partial charge in [0.25, 0.3) is 5.91 Å². The number of imidazole rings is 1. The molecular formula is C26H25Cl2N3O5. The van der Waals surface area contributed by atoms with Gasteiger partial charge in [0.2, 0.25) is 5.28 Å². The van der Waals surface area contributed by atoms with Crippen molar-refractivity contribution in [3.8, 4) is 17.6 Å². The van der Waals surface area contributed by atoms with Gasteiger partial charge in [0.1, 0.15) is 29.3 Å². The molecule has 10 heteroatoms. The van der Waals surface area contributed by atoms with Crippen LogP contribution in [0.1, 0.15) is 46.0 Å². The van der Waals surface area contributed by atoms with Gasteiger partial charge in [-0.2, -0.15) is 0 Å². The highest BCUT2D eigenvalue weighted by Gasteiger charge is 2.22. The Kier molecular flexibility index (Phi) is 8.99. The molecule has 0 aliphatic heterocycles. The van der Waals surface area contributed by atoms with Gasteiger partial charge in [-0.3, -0.25) is 4.79 Å². The molecule has 8 nitrogen and oxygen atoms in total. The van der Waals surface area contributed by atoms with Crippen LogP contribution in [0, 0.1) is 11.8 Å². The average molecular weight is 530 g/mol. The number of nitrogens with one attached hydrogen (secondary N) is 1. The minimum atomic E-state index is -1.02. The molecule has 36 heavy (non-hydrogen) atoms. The van der Waals surface area contributed by atoms with E-state index in [0.29, 0.717) is 10.8 Å². The number of carbonyl (C=O) groups is 2. The van der Waals surface area contributed by atoms with Crippen LogP contribution in [-0.4, -0.2) is 45.9 Å². The van der Waals surface area contributed by atoms with Gasteiger partial charge < -0.3 is 24.5 Å². The van der Waals surface area contributed by atoms with Crippen LogP contribution in [0.25, 0.3) is 0 Å². The molecule has 3 rings (SSSR count). The minimum Gasteiger partial charge on any atom is -0.492 e. The summed E-state index contributed by atoms with van der Waals surface area (Å²) < 4.78 is 12.6. The second kappa shape index (κ2) is 12.0. The Morgan fingerprint density at radius 1 is 1.11 bits per heavy atom. The third-order valence-corrected chi connectivity index (χ3v) is 5.72. The first kappa shape index (κ1) is 27.1. The Balaban J connectivity index is 1.82. The Hall–Kier alpha value is -3.51. The zero-order valence-electron chi connectivity index (χ0n) is 20.0. The number of amides is 1. The van der Waals surface area contributed by atoms with Gasteiger partial charge >= 0.3 is 5.97 Å². The fraction of sp³-hybridized carbons (Fsp3) is 0.269. The van der Waals surface area contributed by atoms with Gasteiger partial charge in [-0.05, 0) is 73.3 Å². The van der Waals surface area contributed by atoms with Gasteiger partial charge in [0.15, 0.2) is 0 Å². The highest BCUT2D eigenvalue weighted by Crippen LogP contribution is 2.19. The molecule has 2 aromatic carbocycles. The molecular weight excluding hydrogens is 505 g/mol. The van der Waals surface area contributed by atoms with Crippen LogP contribution in [0.15, 0.2) is 48.5 Å². The molecule has 0 radical (unpaired) electrons. The van der Waals surface area contributed by atoms with Gasteiger partial charge in [0.05, 0.1) is 12.1 Å².